The average Bonchev–Trinajstić information content (AvgIpc) is 3.60. The van der Waals surface area contributed by atoms with Gasteiger partial charge in [0.25, 0.3) is 0 Å². The minimum atomic E-state index is 0.781. The SMILES string of the molecule is C1=C(c2nc(-c3ccccc3)cc(-c3ccc(-c4ccccc4)cc3)n2)CCC(n2c3cc4ccccc4cc3c3c4ccccc4c4ccccc4c32)=C1. The second kappa shape index (κ2) is 12.8. The van der Waals surface area contributed by atoms with E-state index in [1.54, 1.807) is 0 Å². The molecule has 3 heteroatoms. The van der Waals surface area contributed by atoms with Gasteiger partial charge < -0.3 is 4.57 Å². The van der Waals surface area contributed by atoms with E-state index >= 15 is 0 Å². The molecular formula is C52H35N3. The Kier molecular flexibility index (Phi) is 7.31. The lowest BCUT2D eigenvalue weighted by Gasteiger charge is -2.19. The van der Waals surface area contributed by atoms with E-state index in [0.717, 1.165) is 46.8 Å². The predicted molar refractivity (Wildman–Crippen MR) is 232 cm³/mol. The summed E-state index contributed by atoms with van der Waals surface area (Å²) < 4.78 is 2.54. The zero-order chi connectivity index (χ0) is 36.3. The molecule has 0 atom stereocenters. The summed E-state index contributed by atoms with van der Waals surface area (Å²) in [7, 11) is 0. The fourth-order valence-corrected chi connectivity index (χ4v) is 8.62. The van der Waals surface area contributed by atoms with E-state index in [-0.39, 0.29) is 0 Å². The highest BCUT2D eigenvalue weighted by molar-refractivity contribution is 6.33. The molecule has 2 heterocycles. The van der Waals surface area contributed by atoms with Crippen molar-refractivity contribution in [1.82, 2.24) is 14.5 Å². The fraction of sp³-hybridized carbons (Fsp3) is 0.0385. The number of rotatable bonds is 5. The fourth-order valence-electron chi connectivity index (χ4n) is 8.62. The van der Waals surface area contributed by atoms with Crippen molar-refractivity contribution in [2.75, 3.05) is 0 Å². The first-order valence-corrected chi connectivity index (χ1v) is 19.0. The molecular weight excluding hydrogens is 667 g/mol. The molecule has 0 unspecified atom stereocenters. The van der Waals surface area contributed by atoms with Gasteiger partial charge in [0.1, 0.15) is 0 Å². The van der Waals surface area contributed by atoms with E-state index in [1.807, 2.05) is 6.07 Å². The predicted octanol–water partition coefficient (Wildman–Crippen LogP) is 13.8. The maximum absolute atomic E-state index is 5.24. The molecule has 0 aliphatic heterocycles. The number of fused-ring (bicyclic) bond motifs is 9. The lowest BCUT2D eigenvalue weighted by Crippen LogP contribution is -2.05. The summed E-state index contributed by atoms with van der Waals surface area (Å²) in [5.74, 6) is 0.781. The normalized spacial score (nSPS) is 13.2. The van der Waals surface area contributed by atoms with E-state index in [2.05, 4.69) is 187 Å². The van der Waals surface area contributed by atoms with Crippen molar-refractivity contribution in [3.05, 3.63) is 194 Å². The highest BCUT2D eigenvalue weighted by Gasteiger charge is 2.22. The topological polar surface area (TPSA) is 30.7 Å². The molecule has 2 aromatic heterocycles. The quantitative estimate of drug-likeness (QED) is 0.167. The molecule has 0 fully saturated rings. The first-order chi connectivity index (χ1) is 27.3. The summed E-state index contributed by atoms with van der Waals surface area (Å²) in [4.78, 5) is 10.4. The summed E-state index contributed by atoms with van der Waals surface area (Å²) in [5.41, 5.74) is 11.3. The van der Waals surface area contributed by atoms with Crippen LogP contribution in [0.15, 0.2) is 188 Å². The zero-order valence-corrected chi connectivity index (χ0v) is 30.2. The molecule has 0 spiro atoms. The van der Waals surface area contributed by atoms with Gasteiger partial charge in [0.2, 0.25) is 0 Å². The van der Waals surface area contributed by atoms with Crippen molar-refractivity contribution in [2.45, 2.75) is 12.8 Å². The molecule has 0 radical (unpaired) electrons. The van der Waals surface area contributed by atoms with Crippen LogP contribution in [0, 0.1) is 0 Å². The van der Waals surface area contributed by atoms with Crippen LogP contribution >= 0.6 is 0 Å². The van der Waals surface area contributed by atoms with E-state index in [9.17, 15) is 0 Å². The third kappa shape index (κ3) is 5.27. The summed E-state index contributed by atoms with van der Waals surface area (Å²) >= 11 is 0. The number of benzene rings is 8. The van der Waals surface area contributed by atoms with Crippen LogP contribution in [0.3, 0.4) is 0 Å². The molecule has 55 heavy (non-hydrogen) atoms. The van der Waals surface area contributed by atoms with Crippen molar-refractivity contribution >= 4 is 65.4 Å². The van der Waals surface area contributed by atoms with Gasteiger partial charge >= 0.3 is 0 Å². The Hall–Kier alpha value is -7.10. The molecule has 1 aliphatic carbocycles. The van der Waals surface area contributed by atoms with Crippen LogP contribution in [0.2, 0.25) is 0 Å². The van der Waals surface area contributed by atoms with Gasteiger partial charge in [-0.05, 0) is 80.7 Å². The molecule has 1 aliphatic rings. The third-order valence-electron chi connectivity index (χ3n) is 11.3. The van der Waals surface area contributed by atoms with Crippen LogP contribution in [0.4, 0.5) is 0 Å². The largest absolute Gasteiger partial charge is 0.312 e. The zero-order valence-electron chi connectivity index (χ0n) is 30.2. The molecule has 0 bridgehead atoms. The summed E-state index contributed by atoms with van der Waals surface area (Å²) in [5, 5.41) is 10.2. The highest BCUT2D eigenvalue weighted by Crippen LogP contribution is 2.45. The molecule has 11 rings (SSSR count). The van der Waals surface area contributed by atoms with Crippen molar-refractivity contribution in [2.24, 2.45) is 0 Å². The Morgan fingerprint density at radius 1 is 0.400 bits per heavy atom. The Morgan fingerprint density at radius 3 is 1.60 bits per heavy atom. The molecule has 0 saturated carbocycles. The van der Waals surface area contributed by atoms with Gasteiger partial charge in [-0.3, -0.25) is 0 Å². The lowest BCUT2D eigenvalue weighted by molar-refractivity contribution is 0.970. The number of hydrogen-bond acceptors (Lipinski definition) is 2. The van der Waals surface area contributed by atoms with Crippen molar-refractivity contribution in [3.63, 3.8) is 0 Å². The molecule has 0 N–H and O–H groups in total. The van der Waals surface area contributed by atoms with Crippen molar-refractivity contribution in [3.8, 4) is 33.6 Å². The third-order valence-corrected chi connectivity index (χ3v) is 11.3. The number of allylic oxidation sites excluding steroid dienone is 4. The average molecular weight is 702 g/mol. The summed E-state index contributed by atoms with van der Waals surface area (Å²) in [6.07, 6.45) is 6.26. The maximum Gasteiger partial charge on any atom is 0.156 e. The smallest absolute Gasteiger partial charge is 0.156 e. The van der Waals surface area contributed by atoms with Crippen LogP contribution in [0.1, 0.15) is 18.7 Å². The number of aromatic nitrogens is 3. The van der Waals surface area contributed by atoms with Gasteiger partial charge in [0.15, 0.2) is 5.82 Å². The Morgan fingerprint density at radius 2 is 0.927 bits per heavy atom. The monoisotopic (exact) mass is 701 g/mol. The summed E-state index contributed by atoms with van der Waals surface area (Å²) in [6, 6.07) is 63.1. The lowest BCUT2D eigenvalue weighted by atomic mass is 9.96. The van der Waals surface area contributed by atoms with Gasteiger partial charge in [-0.2, -0.15) is 0 Å². The first kappa shape index (κ1) is 31.4. The molecule has 10 aromatic rings. The molecule has 258 valence electrons. The van der Waals surface area contributed by atoms with Crippen LogP contribution in [-0.2, 0) is 0 Å². The summed E-state index contributed by atoms with van der Waals surface area (Å²) in [6.45, 7) is 0. The highest BCUT2D eigenvalue weighted by atomic mass is 15.0. The minimum Gasteiger partial charge on any atom is -0.312 e. The molecule has 3 nitrogen and oxygen atoms in total. The Labute approximate surface area is 319 Å². The molecule has 0 saturated heterocycles. The number of hydrogen-bond donors (Lipinski definition) is 0. The second-order valence-electron chi connectivity index (χ2n) is 14.5. The number of nitrogens with zero attached hydrogens (tertiary/aromatic N) is 3. The van der Waals surface area contributed by atoms with E-state index in [1.165, 1.54) is 70.9 Å². The van der Waals surface area contributed by atoms with Crippen LogP contribution in [-0.4, -0.2) is 14.5 Å². The van der Waals surface area contributed by atoms with Gasteiger partial charge in [0, 0.05) is 33.0 Å². The van der Waals surface area contributed by atoms with E-state index < -0.39 is 0 Å². The van der Waals surface area contributed by atoms with E-state index in [0.29, 0.717) is 0 Å². The maximum atomic E-state index is 5.24. The van der Waals surface area contributed by atoms with Crippen molar-refractivity contribution in [1.29, 1.82) is 0 Å². The van der Waals surface area contributed by atoms with E-state index in [4.69, 9.17) is 9.97 Å². The minimum absolute atomic E-state index is 0.781. The van der Waals surface area contributed by atoms with Gasteiger partial charge in [-0.1, -0.05) is 164 Å². The molecule has 0 amide bonds. The van der Waals surface area contributed by atoms with Crippen LogP contribution in [0.25, 0.3) is 99.0 Å². The second-order valence-corrected chi connectivity index (χ2v) is 14.5. The van der Waals surface area contributed by atoms with Gasteiger partial charge in [-0.25, -0.2) is 9.97 Å². The Balaban J connectivity index is 1.09. The Bertz CT molecular complexity index is 3170. The van der Waals surface area contributed by atoms with Gasteiger partial charge in [-0.15, -0.1) is 0 Å². The van der Waals surface area contributed by atoms with Crippen LogP contribution < -0.4 is 0 Å². The first-order valence-electron chi connectivity index (χ1n) is 19.0. The molecule has 8 aromatic carbocycles. The van der Waals surface area contributed by atoms with Crippen LogP contribution in [0.5, 0.6) is 0 Å². The standard InChI is InChI=1S/C52H35N3/c1-3-13-34(14-4-1)35-23-25-37(26-24-35)48-33-47(36-15-5-2-6-16-36)53-52(54-48)38-27-29-41(30-28-38)55-49-32-40-18-8-7-17-39(40)31-46(49)50-44-21-11-9-19-42(44)43-20-10-12-22-45(43)51(50)55/h1-27,29,31-33H,28,30H2. The van der Waals surface area contributed by atoms with Crippen molar-refractivity contribution < 1.29 is 0 Å². The van der Waals surface area contributed by atoms with Gasteiger partial charge in [0.05, 0.1) is 22.4 Å².